The van der Waals surface area contributed by atoms with E-state index in [9.17, 15) is 9.59 Å². The van der Waals surface area contributed by atoms with Crippen LogP contribution < -0.4 is 10.9 Å². The molecule has 23 heavy (non-hydrogen) atoms. The second-order valence-corrected chi connectivity index (χ2v) is 6.17. The van der Waals surface area contributed by atoms with Crippen LogP contribution in [0.25, 0.3) is 0 Å². The van der Waals surface area contributed by atoms with Gasteiger partial charge in [-0.2, -0.15) is 11.8 Å². The number of benzene rings is 1. The Morgan fingerprint density at radius 2 is 2.04 bits per heavy atom. The molecule has 0 aliphatic carbocycles. The predicted molar refractivity (Wildman–Crippen MR) is 93.8 cm³/mol. The molecule has 0 radical (unpaired) electrons. The van der Waals surface area contributed by atoms with Crippen LogP contribution in [0, 0.1) is 0 Å². The Morgan fingerprint density at radius 1 is 1.35 bits per heavy atom. The Hall–Kier alpha value is -2.08. The lowest BCUT2D eigenvalue weighted by Crippen LogP contribution is -2.29. The van der Waals surface area contributed by atoms with E-state index in [1.165, 1.54) is 23.4 Å². The van der Waals surface area contributed by atoms with Gasteiger partial charge in [-0.05, 0) is 30.7 Å². The Bertz CT molecular complexity index is 725. The summed E-state index contributed by atoms with van der Waals surface area (Å²) in [5, 5.41) is 2.89. The molecule has 1 aromatic carbocycles. The van der Waals surface area contributed by atoms with Crippen molar-refractivity contribution in [2.45, 2.75) is 32.1 Å². The molecule has 6 heteroatoms. The molecule has 2 N–H and O–H groups in total. The quantitative estimate of drug-likeness (QED) is 0.853. The van der Waals surface area contributed by atoms with Gasteiger partial charge in [-0.3, -0.25) is 9.59 Å². The number of carbonyl (C=O) groups is 1. The van der Waals surface area contributed by atoms with E-state index in [1.807, 2.05) is 25.3 Å². The smallest absolute Gasteiger partial charge is 0.270 e. The average molecular weight is 331 g/mol. The van der Waals surface area contributed by atoms with Gasteiger partial charge in [0.15, 0.2) is 0 Å². The van der Waals surface area contributed by atoms with Crippen molar-refractivity contribution in [2.24, 2.45) is 0 Å². The highest BCUT2D eigenvalue weighted by atomic mass is 32.2. The van der Waals surface area contributed by atoms with E-state index in [1.54, 1.807) is 0 Å². The van der Waals surface area contributed by atoms with Crippen LogP contribution in [0.2, 0.25) is 0 Å². The van der Waals surface area contributed by atoms with Gasteiger partial charge in [-0.1, -0.05) is 31.2 Å². The highest BCUT2D eigenvalue weighted by molar-refractivity contribution is 7.97. The van der Waals surface area contributed by atoms with Crippen molar-refractivity contribution < 1.29 is 4.79 Å². The zero-order valence-electron chi connectivity index (χ0n) is 13.6. The fourth-order valence-corrected chi connectivity index (χ4v) is 2.64. The first kappa shape index (κ1) is 17.3. The van der Waals surface area contributed by atoms with Crippen LogP contribution in [0.5, 0.6) is 0 Å². The third kappa shape index (κ3) is 4.69. The summed E-state index contributed by atoms with van der Waals surface area (Å²) >= 11 is 1.53. The standard InChI is InChI=1S/C17H21N3O2S/c1-4-12-5-7-13(8-6-12)11(2)18-17(22)14-9-16(21)20-15(19-14)10-23-3/h5-9,11H,4,10H2,1-3H3,(H,18,22)(H,19,20,21). The first-order valence-electron chi connectivity index (χ1n) is 7.52. The summed E-state index contributed by atoms with van der Waals surface area (Å²) in [6.07, 6.45) is 2.89. The first-order valence-corrected chi connectivity index (χ1v) is 8.91. The molecule has 0 saturated carbocycles. The van der Waals surface area contributed by atoms with E-state index in [4.69, 9.17) is 0 Å². The summed E-state index contributed by atoms with van der Waals surface area (Å²) in [4.78, 5) is 30.8. The molecule has 1 heterocycles. The van der Waals surface area contributed by atoms with Crippen molar-refractivity contribution in [1.29, 1.82) is 0 Å². The fourth-order valence-electron chi connectivity index (χ4n) is 2.23. The number of nitrogens with one attached hydrogen (secondary N) is 2. The maximum atomic E-state index is 12.3. The molecule has 5 nitrogen and oxygen atoms in total. The largest absolute Gasteiger partial charge is 0.344 e. The Balaban J connectivity index is 2.12. The lowest BCUT2D eigenvalue weighted by molar-refractivity contribution is 0.0934. The second kappa shape index (κ2) is 7.97. The maximum absolute atomic E-state index is 12.3. The van der Waals surface area contributed by atoms with E-state index >= 15 is 0 Å². The average Bonchev–Trinajstić information content (AvgIpc) is 2.54. The van der Waals surface area contributed by atoms with Gasteiger partial charge >= 0.3 is 0 Å². The van der Waals surface area contributed by atoms with Crippen molar-refractivity contribution in [2.75, 3.05) is 6.26 Å². The van der Waals surface area contributed by atoms with Crippen LogP contribution in [0.1, 0.15) is 47.3 Å². The molecule has 0 spiro atoms. The number of amides is 1. The number of hydrogen-bond acceptors (Lipinski definition) is 4. The Kier molecular flexibility index (Phi) is 5.98. The van der Waals surface area contributed by atoms with Crippen LogP contribution in [0.3, 0.4) is 0 Å². The molecular formula is C17H21N3O2S. The second-order valence-electron chi connectivity index (χ2n) is 5.30. The number of aromatic nitrogens is 2. The third-order valence-electron chi connectivity index (χ3n) is 3.54. The molecule has 1 aromatic heterocycles. The number of aryl methyl sites for hydroxylation is 1. The van der Waals surface area contributed by atoms with Gasteiger partial charge in [0.05, 0.1) is 11.8 Å². The molecule has 0 fully saturated rings. The molecule has 0 aliphatic rings. The zero-order valence-corrected chi connectivity index (χ0v) is 14.4. The highest BCUT2D eigenvalue weighted by Crippen LogP contribution is 2.14. The Labute approximate surface area is 139 Å². The topological polar surface area (TPSA) is 74.8 Å². The minimum absolute atomic E-state index is 0.148. The van der Waals surface area contributed by atoms with Crippen molar-refractivity contribution >= 4 is 17.7 Å². The highest BCUT2D eigenvalue weighted by Gasteiger charge is 2.14. The van der Waals surface area contributed by atoms with Crippen molar-refractivity contribution in [1.82, 2.24) is 15.3 Å². The van der Waals surface area contributed by atoms with E-state index < -0.39 is 0 Å². The van der Waals surface area contributed by atoms with Crippen LogP contribution in [0.4, 0.5) is 0 Å². The molecule has 1 atom stereocenters. The molecular weight excluding hydrogens is 310 g/mol. The molecule has 122 valence electrons. The zero-order chi connectivity index (χ0) is 16.8. The fraction of sp³-hybridized carbons (Fsp3) is 0.353. The van der Waals surface area contributed by atoms with Gasteiger partial charge in [0.25, 0.3) is 11.5 Å². The minimum Gasteiger partial charge on any atom is -0.344 e. The van der Waals surface area contributed by atoms with Crippen molar-refractivity contribution in [3.05, 3.63) is 63.3 Å². The number of rotatable bonds is 6. The minimum atomic E-state index is -0.342. The summed E-state index contributed by atoms with van der Waals surface area (Å²) in [5.41, 5.74) is 2.11. The van der Waals surface area contributed by atoms with Gasteiger partial charge in [0.1, 0.15) is 11.5 Å². The third-order valence-corrected chi connectivity index (χ3v) is 4.10. The normalized spacial score (nSPS) is 12.0. The number of aromatic amines is 1. The molecule has 2 aromatic rings. The van der Waals surface area contributed by atoms with Gasteiger partial charge in [-0.25, -0.2) is 4.98 Å². The SMILES string of the molecule is CCc1ccc(C(C)NC(=O)c2cc(=O)[nH]c(CSC)n2)cc1. The lowest BCUT2D eigenvalue weighted by Gasteiger charge is -2.14. The van der Waals surface area contributed by atoms with Crippen LogP contribution in [-0.2, 0) is 12.2 Å². The van der Waals surface area contributed by atoms with Gasteiger partial charge in [-0.15, -0.1) is 0 Å². The summed E-state index contributed by atoms with van der Waals surface area (Å²) < 4.78 is 0. The summed E-state index contributed by atoms with van der Waals surface area (Å²) in [5.74, 6) is 0.727. The number of hydrogen-bond donors (Lipinski definition) is 2. The van der Waals surface area contributed by atoms with E-state index in [0.717, 1.165) is 12.0 Å². The monoisotopic (exact) mass is 331 g/mol. The summed E-state index contributed by atoms with van der Waals surface area (Å²) in [6.45, 7) is 4.01. The number of nitrogens with zero attached hydrogens (tertiary/aromatic N) is 1. The molecule has 1 amide bonds. The first-order chi connectivity index (χ1) is 11.0. The van der Waals surface area contributed by atoms with Crippen LogP contribution in [0.15, 0.2) is 35.1 Å². The maximum Gasteiger partial charge on any atom is 0.270 e. The van der Waals surface area contributed by atoms with E-state index in [0.29, 0.717) is 11.6 Å². The molecule has 0 saturated heterocycles. The molecule has 0 aliphatic heterocycles. The molecule has 2 rings (SSSR count). The summed E-state index contributed by atoms with van der Waals surface area (Å²) in [7, 11) is 0. The number of H-pyrrole nitrogens is 1. The number of carbonyl (C=O) groups excluding carboxylic acids is 1. The van der Waals surface area contributed by atoms with Gasteiger partial charge in [0, 0.05) is 6.07 Å². The number of thioether (sulfide) groups is 1. The van der Waals surface area contributed by atoms with E-state index in [-0.39, 0.29) is 23.2 Å². The van der Waals surface area contributed by atoms with Crippen molar-refractivity contribution in [3.8, 4) is 0 Å². The predicted octanol–water partition coefficient (Wildman–Crippen LogP) is 2.69. The van der Waals surface area contributed by atoms with E-state index in [2.05, 4.69) is 34.3 Å². The summed E-state index contributed by atoms with van der Waals surface area (Å²) in [6, 6.07) is 9.20. The molecule has 1 unspecified atom stereocenters. The van der Waals surface area contributed by atoms with Crippen molar-refractivity contribution in [3.63, 3.8) is 0 Å². The lowest BCUT2D eigenvalue weighted by atomic mass is 10.0. The molecule has 0 bridgehead atoms. The van der Waals surface area contributed by atoms with Gasteiger partial charge in [0.2, 0.25) is 0 Å². The van der Waals surface area contributed by atoms with Crippen LogP contribution in [-0.4, -0.2) is 22.1 Å². The van der Waals surface area contributed by atoms with Crippen LogP contribution >= 0.6 is 11.8 Å². The van der Waals surface area contributed by atoms with Gasteiger partial charge < -0.3 is 10.3 Å². The Morgan fingerprint density at radius 3 is 2.65 bits per heavy atom.